The van der Waals surface area contributed by atoms with Gasteiger partial charge in [-0.1, -0.05) is 13.8 Å². The molecule has 4 aliphatic carbocycles. The van der Waals surface area contributed by atoms with Crippen LogP contribution in [0.5, 0.6) is 0 Å². The van der Waals surface area contributed by atoms with Gasteiger partial charge in [-0.25, -0.2) is 0 Å². The molecule has 6 rings (SSSR count). The van der Waals surface area contributed by atoms with Crippen LogP contribution in [0, 0.1) is 52.8 Å². The Kier molecular flexibility index (Phi) is 5.54. The molecule has 0 spiro atoms. The van der Waals surface area contributed by atoms with Gasteiger partial charge in [-0.2, -0.15) is 0 Å². The Morgan fingerprint density at radius 2 is 1.76 bits per heavy atom. The van der Waals surface area contributed by atoms with Gasteiger partial charge in [0.05, 0.1) is 5.60 Å². The third-order valence-electron chi connectivity index (χ3n) is 12.1. The first kappa shape index (κ1) is 23.5. The van der Waals surface area contributed by atoms with Crippen LogP contribution >= 0.6 is 0 Å². The lowest BCUT2D eigenvalue weighted by atomic mass is 9.51. The van der Waals surface area contributed by atoms with Gasteiger partial charge in [0.25, 0.3) is 0 Å². The zero-order valence-corrected chi connectivity index (χ0v) is 21.7. The first-order valence-corrected chi connectivity index (χ1v) is 14.3. The van der Waals surface area contributed by atoms with E-state index in [0.717, 1.165) is 57.5 Å². The van der Waals surface area contributed by atoms with E-state index in [1.807, 2.05) is 0 Å². The van der Waals surface area contributed by atoms with Crippen LogP contribution in [-0.4, -0.2) is 52.6 Å². The summed E-state index contributed by atoms with van der Waals surface area (Å²) in [4.78, 5) is 27.7. The molecule has 2 saturated heterocycles. The quantitative estimate of drug-likeness (QED) is 0.572. The molecule has 6 aliphatic rings. The van der Waals surface area contributed by atoms with Crippen LogP contribution in [0.25, 0.3) is 0 Å². The van der Waals surface area contributed by atoms with E-state index in [2.05, 4.69) is 25.7 Å². The molecule has 0 amide bonds. The van der Waals surface area contributed by atoms with Crippen LogP contribution in [0.3, 0.4) is 0 Å². The fourth-order valence-corrected chi connectivity index (χ4v) is 10.7. The molecule has 0 radical (unpaired) electrons. The number of carbonyl (C=O) groups is 2. The average Bonchev–Trinajstić information content (AvgIpc) is 3.14. The minimum atomic E-state index is -0.591. The second-order valence-corrected chi connectivity index (χ2v) is 13.8. The summed E-state index contributed by atoms with van der Waals surface area (Å²) in [7, 11) is 0. The van der Waals surface area contributed by atoms with Crippen molar-refractivity contribution in [2.75, 3.05) is 13.1 Å². The summed E-state index contributed by atoms with van der Waals surface area (Å²) in [5.74, 6) is 4.37. The number of carbonyl (C=O) groups excluding carboxylic acids is 2. The lowest BCUT2D eigenvalue weighted by Crippen LogP contribution is -2.67. The van der Waals surface area contributed by atoms with Crippen LogP contribution in [0.4, 0.5) is 0 Å². The molecule has 0 bridgehead atoms. The summed E-state index contributed by atoms with van der Waals surface area (Å²) in [5, 5.41) is 11.9. The molecule has 5 heteroatoms. The van der Waals surface area contributed by atoms with Gasteiger partial charge in [-0.3, -0.25) is 14.5 Å². The third kappa shape index (κ3) is 3.38. The topological polar surface area (TPSA) is 66.8 Å². The van der Waals surface area contributed by atoms with Crippen molar-refractivity contribution in [3.8, 4) is 0 Å². The minimum absolute atomic E-state index is 0.0445. The number of hydrogen-bond donors (Lipinski definition) is 1. The van der Waals surface area contributed by atoms with E-state index in [1.54, 1.807) is 0 Å². The highest BCUT2D eigenvalue weighted by Gasteiger charge is 2.64. The van der Waals surface area contributed by atoms with Gasteiger partial charge in [0.15, 0.2) is 0 Å². The molecule has 6 fully saturated rings. The fourth-order valence-electron chi connectivity index (χ4n) is 10.7. The summed E-state index contributed by atoms with van der Waals surface area (Å²) in [5.41, 5.74) is -0.547. The molecule has 34 heavy (non-hydrogen) atoms. The number of aliphatic hydroxyl groups is 1. The molecule has 0 aromatic heterocycles. The summed E-state index contributed by atoms with van der Waals surface area (Å²) in [6, 6.07) is 0.324. The van der Waals surface area contributed by atoms with E-state index in [0.29, 0.717) is 47.3 Å². The Morgan fingerprint density at radius 3 is 2.53 bits per heavy atom. The molecular weight excluding hydrogens is 426 g/mol. The average molecular weight is 472 g/mol. The highest BCUT2D eigenvalue weighted by Crippen LogP contribution is 2.66. The number of nitrogens with zero attached hydrogens (tertiary/aromatic N) is 1. The van der Waals surface area contributed by atoms with Crippen molar-refractivity contribution in [2.45, 2.75) is 103 Å². The molecule has 190 valence electrons. The minimum Gasteiger partial charge on any atom is -0.463 e. The van der Waals surface area contributed by atoms with E-state index in [9.17, 15) is 14.7 Å². The van der Waals surface area contributed by atoms with Gasteiger partial charge in [0, 0.05) is 38.4 Å². The summed E-state index contributed by atoms with van der Waals surface area (Å²) in [6.45, 7) is 10.7. The maximum absolute atomic E-state index is 13.5. The second kappa shape index (κ2) is 8.03. The van der Waals surface area contributed by atoms with E-state index in [1.165, 1.54) is 26.2 Å². The second-order valence-electron chi connectivity index (χ2n) is 13.8. The van der Waals surface area contributed by atoms with Crippen molar-refractivity contribution in [1.29, 1.82) is 0 Å². The van der Waals surface area contributed by atoms with Crippen LogP contribution in [0.1, 0.15) is 85.5 Å². The van der Waals surface area contributed by atoms with Crippen LogP contribution in [0.2, 0.25) is 0 Å². The normalized spacial score (nSPS) is 54.8. The first-order valence-electron chi connectivity index (χ1n) is 14.3. The Bertz CT molecular complexity index is 855. The van der Waals surface area contributed by atoms with Gasteiger partial charge >= 0.3 is 5.97 Å². The van der Waals surface area contributed by atoms with Gasteiger partial charge in [-0.05, 0) is 105 Å². The number of piperidine rings is 2. The highest BCUT2D eigenvalue weighted by molar-refractivity contribution is 5.83. The number of fused-ring (bicyclic) bond motifs is 8. The van der Waals surface area contributed by atoms with Crippen molar-refractivity contribution < 1.29 is 19.4 Å². The molecular formula is C29H45NO4. The Hall–Kier alpha value is -0.940. The lowest BCUT2D eigenvalue weighted by Gasteiger charge is -2.59. The number of esters is 1. The van der Waals surface area contributed by atoms with Gasteiger partial charge in [0.1, 0.15) is 11.9 Å². The number of hydrogen-bond acceptors (Lipinski definition) is 5. The maximum atomic E-state index is 13.5. The molecule has 0 aromatic rings. The van der Waals surface area contributed by atoms with Crippen LogP contribution < -0.4 is 0 Å². The maximum Gasteiger partial charge on any atom is 0.302 e. The van der Waals surface area contributed by atoms with E-state index < -0.39 is 5.60 Å². The fraction of sp³-hybridized carbons (Fsp3) is 0.931. The number of Topliss-reactive ketones (excluding diaryl/α,β-unsaturated/α-hetero) is 1. The monoisotopic (exact) mass is 471 g/mol. The largest absolute Gasteiger partial charge is 0.463 e. The number of rotatable bonds is 1. The predicted octanol–water partition coefficient (Wildman–Crippen LogP) is 4.46. The smallest absolute Gasteiger partial charge is 0.302 e. The summed E-state index contributed by atoms with van der Waals surface area (Å²) in [6.07, 6.45) is 9.19. The van der Waals surface area contributed by atoms with Crippen LogP contribution in [-0.2, 0) is 14.3 Å². The third-order valence-corrected chi connectivity index (χ3v) is 12.1. The SMILES string of the molecule is CC(=O)O[C@@H]1CC[C@]2(C)[C@H](C1)C(=O)C[C@@H]1[C@@H]3CC[C@@H]4[C@H](CN5C[C@@H](C)CC[C@H]5[C@@]4(C)O)[C@@H]3C[C@@H]12. The van der Waals surface area contributed by atoms with Crippen molar-refractivity contribution in [2.24, 2.45) is 52.8 Å². The number of ketones is 1. The van der Waals surface area contributed by atoms with Gasteiger partial charge in [0.2, 0.25) is 0 Å². The molecule has 2 heterocycles. The van der Waals surface area contributed by atoms with E-state index in [4.69, 9.17) is 4.74 Å². The molecule has 12 atom stereocenters. The Labute approximate surface area is 205 Å². The summed E-state index contributed by atoms with van der Waals surface area (Å²) < 4.78 is 5.57. The molecule has 5 nitrogen and oxygen atoms in total. The zero-order valence-electron chi connectivity index (χ0n) is 21.7. The standard InChI is InChI=1S/C29H45NO4/c1-16-5-8-27-29(4,33)23-7-6-19-20(22(23)15-30(27)14-16)12-24-21(19)13-26(32)25-11-18(34-17(2)31)9-10-28(24,25)3/h16,18-25,27,33H,5-15H2,1-4H3/t16-,18+,19+,20+,21+,22+,23+,24-,25+,27-,28-,29-/m0/s1. The van der Waals surface area contributed by atoms with Gasteiger partial charge in [-0.15, -0.1) is 0 Å². The van der Waals surface area contributed by atoms with E-state index in [-0.39, 0.29) is 23.4 Å². The van der Waals surface area contributed by atoms with Crippen LogP contribution in [0.15, 0.2) is 0 Å². The van der Waals surface area contributed by atoms with Gasteiger partial charge < -0.3 is 9.84 Å². The van der Waals surface area contributed by atoms with Crippen molar-refractivity contribution >= 4 is 11.8 Å². The Balaban J connectivity index is 1.26. The Morgan fingerprint density at radius 1 is 0.971 bits per heavy atom. The molecule has 2 aliphatic heterocycles. The molecule has 0 unspecified atom stereocenters. The zero-order chi connectivity index (χ0) is 24.0. The lowest BCUT2D eigenvalue weighted by molar-refractivity contribution is -0.175. The van der Waals surface area contributed by atoms with Crippen molar-refractivity contribution in [3.05, 3.63) is 0 Å². The predicted molar refractivity (Wildman–Crippen MR) is 130 cm³/mol. The number of ether oxygens (including phenoxy) is 1. The van der Waals surface area contributed by atoms with E-state index >= 15 is 0 Å². The first-order chi connectivity index (χ1) is 16.1. The van der Waals surface area contributed by atoms with Crippen molar-refractivity contribution in [3.63, 3.8) is 0 Å². The summed E-state index contributed by atoms with van der Waals surface area (Å²) >= 11 is 0. The molecule has 1 N–H and O–H groups in total. The molecule has 4 saturated carbocycles. The highest BCUT2D eigenvalue weighted by atomic mass is 16.5. The van der Waals surface area contributed by atoms with Crippen molar-refractivity contribution in [1.82, 2.24) is 4.90 Å². The molecule has 0 aromatic carbocycles.